The van der Waals surface area contributed by atoms with Crippen LogP contribution >= 0.6 is 0 Å². The minimum Gasteiger partial charge on any atom is -0.361 e. The summed E-state index contributed by atoms with van der Waals surface area (Å²) in [7, 11) is 0. The number of carbonyl (C=O) groups excluding carboxylic acids is 2. The lowest BCUT2D eigenvalue weighted by Gasteiger charge is -2.34. The lowest BCUT2D eigenvalue weighted by molar-refractivity contribution is -0.132. The van der Waals surface area contributed by atoms with Crippen LogP contribution in [-0.2, 0) is 22.6 Å². The Morgan fingerprint density at radius 2 is 1.81 bits per heavy atom. The van der Waals surface area contributed by atoms with Crippen LogP contribution in [0.1, 0.15) is 22.6 Å². The summed E-state index contributed by atoms with van der Waals surface area (Å²) in [4.78, 5) is 28.6. The Morgan fingerprint density at radius 1 is 1.11 bits per heavy atom. The van der Waals surface area contributed by atoms with Crippen molar-refractivity contribution < 1.29 is 14.1 Å². The highest BCUT2D eigenvalue weighted by atomic mass is 16.5. The molecule has 0 saturated carbocycles. The molecule has 144 valence electrons. The molecule has 0 atom stereocenters. The van der Waals surface area contributed by atoms with Gasteiger partial charge in [0.15, 0.2) is 0 Å². The van der Waals surface area contributed by atoms with Crippen LogP contribution in [0.4, 0.5) is 0 Å². The molecule has 2 amide bonds. The summed E-state index contributed by atoms with van der Waals surface area (Å²) < 4.78 is 5.13. The van der Waals surface area contributed by atoms with Gasteiger partial charge in [-0.1, -0.05) is 35.5 Å². The van der Waals surface area contributed by atoms with E-state index in [1.165, 1.54) is 0 Å². The number of carbonyl (C=O) groups is 2. The topological polar surface area (TPSA) is 78.7 Å². The smallest absolute Gasteiger partial charge is 0.234 e. The molecule has 2 heterocycles. The van der Waals surface area contributed by atoms with Crippen LogP contribution in [0.15, 0.2) is 34.9 Å². The van der Waals surface area contributed by atoms with Crippen molar-refractivity contribution in [1.82, 2.24) is 20.3 Å². The number of aromatic nitrogens is 1. The molecule has 1 fully saturated rings. The second-order valence-corrected chi connectivity index (χ2v) is 6.90. The zero-order valence-corrected chi connectivity index (χ0v) is 15.9. The molecule has 27 heavy (non-hydrogen) atoms. The van der Waals surface area contributed by atoms with E-state index in [1.807, 2.05) is 49.1 Å². The van der Waals surface area contributed by atoms with Crippen LogP contribution in [0, 0.1) is 13.8 Å². The molecule has 7 nitrogen and oxygen atoms in total. The normalized spacial score (nSPS) is 15.0. The average molecular weight is 370 g/mol. The molecule has 1 aliphatic rings. The molecule has 0 bridgehead atoms. The van der Waals surface area contributed by atoms with E-state index in [1.54, 1.807) is 0 Å². The Balaban J connectivity index is 1.40. The first-order valence-electron chi connectivity index (χ1n) is 9.25. The molecule has 0 unspecified atom stereocenters. The van der Waals surface area contributed by atoms with E-state index in [2.05, 4.69) is 15.4 Å². The van der Waals surface area contributed by atoms with Gasteiger partial charge in [0.05, 0.1) is 18.7 Å². The first kappa shape index (κ1) is 19.1. The van der Waals surface area contributed by atoms with E-state index < -0.39 is 0 Å². The third-order valence-corrected chi connectivity index (χ3v) is 4.93. The second-order valence-electron chi connectivity index (χ2n) is 6.90. The van der Waals surface area contributed by atoms with E-state index in [-0.39, 0.29) is 11.8 Å². The lowest BCUT2D eigenvalue weighted by atomic mass is 10.1. The monoisotopic (exact) mass is 370 g/mol. The molecular weight excluding hydrogens is 344 g/mol. The fraction of sp³-hybridized carbons (Fsp3) is 0.450. The standard InChI is InChI=1S/C20H26N4O3/c1-15-18(16(2)27-22-15)12-20(26)24-10-8-23(9-11-24)14-19(25)21-13-17-6-4-3-5-7-17/h3-7H,8-14H2,1-2H3,(H,21,25). The summed E-state index contributed by atoms with van der Waals surface area (Å²) in [5.41, 5.74) is 2.73. The number of nitrogens with one attached hydrogen (secondary N) is 1. The van der Waals surface area contributed by atoms with Crippen LogP contribution in [-0.4, -0.2) is 59.5 Å². The molecule has 1 saturated heterocycles. The minimum absolute atomic E-state index is 0.00866. The van der Waals surface area contributed by atoms with Crippen molar-refractivity contribution in [3.05, 3.63) is 52.9 Å². The van der Waals surface area contributed by atoms with Gasteiger partial charge in [0.1, 0.15) is 5.76 Å². The summed E-state index contributed by atoms with van der Waals surface area (Å²) in [6.45, 7) is 7.24. The molecule has 0 radical (unpaired) electrons. The van der Waals surface area contributed by atoms with E-state index in [0.29, 0.717) is 51.4 Å². The van der Waals surface area contributed by atoms with Crippen LogP contribution in [0.2, 0.25) is 0 Å². The van der Waals surface area contributed by atoms with Crippen molar-refractivity contribution in [2.45, 2.75) is 26.8 Å². The Kier molecular flexibility index (Phi) is 6.24. The Hall–Kier alpha value is -2.67. The van der Waals surface area contributed by atoms with Gasteiger partial charge < -0.3 is 14.7 Å². The van der Waals surface area contributed by atoms with E-state index in [0.717, 1.165) is 16.8 Å². The van der Waals surface area contributed by atoms with Crippen molar-refractivity contribution in [3.8, 4) is 0 Å². The number of amides is 2. The number of benzene rings is 1. The number of piperazine rings is 1. The van der Waals surface area contributed by atoms with Crippen molar-refractivity contribution in [2.24, 2.45) is 0 Å². The maximum Gasteiger partial charge on any atom is 0.234 e. The van der Waals surface area contributed by atoms with Gasteiger partial charge >= 0.3 is 0 Å². The van der Waals surface area contributed by atoms with Crippen molar-refractivity contribution >= 4 is 11.8 Å². The Bertz CT molecular complexity index is 760. The molecule has 1 aliphatic heterocycles. The van der Waals surface area contributed by atoms with Crippen LogP contribution in [0.25, 0.3) is 0 Å². The number of nitrogens with zero attached hydrogens (tertiary/aromatic N) is 3. The molecule has 1 aromatic carbocycles. The first-order chi connectivity index (χ1) is 13.0. The van der Waals surface area contributed by atoms with E-state index in [9.17, 15) is 9.59 Å². The maximum atomic E-state index is 12.5. The maximum absolute atomic E-state index is 12.5. The van der Waals surface area contributed by atoms with Gasteiger partial charge in [-0.05, 0) is 19.4 Å². The zero-order chi connectivity index (χ0) is 19.2. The fourth-order valence-corrected chi connectivity index (χ4v) is 3.23. The summed E-state index contributed by atoms with van der Waals surface area (Å²) in [5.74, 6) is 0.793. The van der Waals surface area contributed by atoms with Gasteiger partial charge in [-0.15, -0.1) is 0 Å². The van der Waals surface area contributed by atoms with Crippen molar-refractivity contribution in [1.29, 1.82) is 0 Å². The predicted molar refractivity (Wildman–Crippen MR) is 101 cm³/mol. The SMILES string of the molecule is Cc1noc(C)c1CC(=O)N1CCN(CC(=O)NCc2ccccc2)CC1. The Labute approximate surface area is 159 Å². The minimum atomic E-state index is 0.00866. The average Bonchev–Trinajstić information content (AvgIpc) is 3.00. The zero-order valence-electron chi connectivity index (χ0n) is 15.9. The third kappa shape index (κ3) is 5.17. The molecule has 2 aromatic rings. The fourth-order valence-electron chi connectivity index (χ4n) is 3.23. The molecule has 1 N–H and O–H groups in total. The second kappa shape index (κ2) is 8.81. The van der Waals surface area contributed by atoms with Crippen LogP contribution < -0.4 is 5.32 Å². The van der Waals surface area contributed by atoms with Gasteiger partial charge in [0.25, 0.3) is 0 Å². The largest absolute Gasteiger partial charge is 0.361 e. The number of aryl methyl sites for hydroxylation is 2. The molecule has 0 spiro atoms. The van der Waals surface area contributed by atoms with Crippen LogP contribution in [0.3, 0.4) is 0 Å². The molecule has 1 aromatic heterocycles. The third-order valence-electron chi connectivity index (χ3n) is 4.93. The molecule has 3 rings (SSSR count). The van der Waals surface area contributed by atoms with Crippen molar-refractivity contribution in [3.63, 3.8) is 0 Å². The highest BCUT2D eigenvalue weighted by molar-refractivity contribution is 5.80. The van der Waals surface area contributed by atoms with E-state index >= 15 is 0 Å². The van der Waals surface area contributed by atoms with Gasteiger partial charge in [-0.25, -0.2) is 0 Å². The molecular formula is C20H26N4O3. The summed E-state index contributed by atoms with van der Waals surface area (Å²) >= 11 is 0. The lowest BCUT2D eigenvalue weighted by Crippen LogP contribution is -2.51. The highest BCUT2D eigenvalue weighted by Crippen LogP contribution is 2.14. The van der Waals surface area contributed by atoms with Crippen molar-refractivity contribution in [2.75, 3.05) is 32.7 Å². The van der Waals surface area contributed by atoms with Gasteiger partial charge in [-0.2, -0.15) is 0 Å². The highest BCUT2D eigenvalue weighted by Gasteiger charge is 2.24. The van der Waals surface area contributed by atoms with E-state index in [4.69, 9.17) is 4.52 Å². The summed E-state index contributed by atoms with van der Waals surface area (Å²) in [6, 6.07) is 9.85. The first-order valence-corrected chi connectivity index (χ1v) is 9.25. The number of hydrogen-bond acceptors (Lipinski definition) is 5. The van der Waals surface area contributed by atoms with Crippen LogP contribution in [0.5, 0.6) is 0 Å². The summed E-state index contributed by atoms with van der Waals surface area (Å²) in [5, 5.41) is 6.84. The molecule has 0 aliphatic carbocycles. The number of hydrogen-bond donors (Lipinski definition) is 1. The van der Waals surface area contributed by atoms with Gasteiger partial charge in [0, 0.05) is 38.3 Å². The Morgan fingerprint density at radius 3 is 2.44 bits per heavy atom. The van der Waals surface area contributed by atoms with Gasteiger partial charge in [-0.3, -0.25) is 14.5 Å². The number of rotatable bonds is 6. The quantitative estimate of drug-likeness (QED) is 0.829. The summed E-state index contributed by atoms with van der Waals surface area (Å²) in [6.07, 6.45) is 0.318. The molecule has 7 heteroatoms. The van der Waals surface area contributed by atoms with Gasteiger partial charge in [0.2, 0.25) is 11.8 Å². The predicted octanol–water partition coefficient (Wildman–Crippen LogP) is 1.29.